The smallest absolute Gasteiger partial charge is 0.325 e. The maximum Gasteiger partial charge on any atom is 0.325 e. The van der Waals surface area contributed by atoms with Crippen molar-refractivity contribution in [2.75, 3.05) is 5.32 Å². The normalized spacial score (nSPS) is 11.6. The number of hydrogen-bond donors (Lipinski definition) is 3. The summed E-state index contributed by atoms with van der Waals surface area (Å²) in [4.78, 5) is 21.8. The van der Waals surface area contributed by atoms with Gasteiger partial charge in [-0.3, -0.25) is 4.79 Å². The van der Waals surface area contributed by atoms with Crippen molar-refractivity contribution in [2.45, 2.75) is 13.0 Å². The number of hydrogen-bond acceptors (Lipinski definition) is 2. The molecular formula is C10H11ClN2O3. The molecule has 0 bridgehead atoms. The van der Waals surface area contributed by atoms with Gasteiger partial charge in [-0.1, -0.05) is 11.6 Å². The van der Waals surface area contributed by atoms with Crippen LogP contribution in [0.5, 0.6) is 0 Å². The number of carbonyl (C=O) groups excluding carboxylic acids is 1. The molecule has 0 spiro atoms. The quantitative estimate of drug-likeness (QED) is 0.758. The van der Waals surface area contributed by atoms with Gasteiger partial charge in [-0.15, -0.1) is 0 Å². The van der Waals surface area contributed by atoms with Gasteiger partial charge in [0.25, 0.3) is 0 Å². The predicted molar refractivity (Wildman–Crippen MR) is 60.7 cm³/mol. The Hall–Kier alpha value is -1.75. The first-order valence-corrected chi connectivity index (χ1v) is 4.92. The molecular weight excluding hydrogens is 232 g/mol. The first kappa shape index (κ1) is 12.3. The molecule has 86 valence electrons. The number of carbonyl (C=O) groups is 2. The van der Waals surface area contributed by atoms with Gasteiger partial charge in [-0.25, -0.2) is 4.79 Å². The molecule has 3 N–H and O–H groups in total. The van der Waals surface area contributed by atoms with Gasteiger partial charge in [-0.05, 0) is 31.2 Å². The van der Waals surface area contributed by atoms with E-state index in [2.05, 4.69) is 10.6 Å². The molecule has 6 heteroatoms. The minimum absolute atomic E-state index is 0.541. The van der Waals surface area contributed by atoms with E-state index >= 15 is 0 Å². The van der Waals surface area contributed by atoms with Crippen LogP contribution < -0.4 is 10.6 Å². The van der Waals surface area contributed by atoms with Crippen molar-refractivity contribution in [3.05, 3.63) is 29.3 Å². The maximum atomic E-state index is 11.3. The van der Waals surface area contributed by atoms with Gasteiger partial charge in [0, 0.05) is 10.7 Å². The largest absolute Gasteiger partial charge is 0.480 e. The number of rotatable bonds is 3. The summed E-state index contributed by atoms with van der Waals surface area (Å²) >= 11 is 5.67. The fourth-order valence-electron chi connectivity index (χ4n) is 0.959. The highest BCUT2D eigenvalue weighted by Gasteiger charge is 2.13. The summed E-state index contributed by atoms with van der Waals surface area (Å²) in [5.74, 6) is -1.09. The van der Waals surface area contributed by atoms with Gasteiger partial charge >= 0.3 is 12.0 Å². The lowest BCUT2D eigenvalue weighted by molar-refractivity contribution is -0.138. The summed E-state index contributed by atoms with van der Waals surface area (Å²) in [6.07, 6.45) is 0. The Balaban J connectivity index is 2.52. The van der Waals surface area contributed by atoms with Crippen LogP contribution in [0.1, 0.15) is 6.92 Å². The Labute approximate surface area is 97.4 Å². The number of aliphatic carboxylic acids is 1. The lowest BCUT2D eigenvalue weighted by atomic mass is 10.3. The molecule has 0 aliphatic heterocycles. The molecule has 0 radical (unpaired) electrons. The van der Waals surface area contributed by atoms with E-state index in [1.807, 2.05) is 0 Å². The van der Waals surface area contributed by atoms with E-state index in [1.54, 1.807) is 24.3 Å². The van der Waals surface area contributed by atoms with Crippen molar-refractivity contribution in [1.29, 1.82) is 0 Å². The van der Waals surface area contributed by atoms with E-state index in [9.17, 15) is 9.59 Å². The third-order valence-electron chi connectivity index (χ3n) is 1.82. The zero-order valence-corrected chi connectivity index (χ0v) is 9.28. The number of halogens is 1. The summed E-state index contributed by atoms with van der Waals surface area (Å²) in [6, 6.07) is 4.97. The molecule has 1 rings (SSSR count). The Morgan fingerprint density at radius 1 is 1.31 bits per heavy atom. The van der Waals surface area contributed by atoms with Crippen molar-refractivity contribution in [3.8, 4) is 0 Å². The second-order valence-electron chi connectivity index (χ2n) is 3.17. The molecule has 0 aromatic heterocycles. The van der Waals surface area contributed by atoms with Gasteiger partial charge in [0.2, 0.25) is 0 Å². The molecule has 0 aliphatic rings. The molecule has 0 heterocycles. The van der Waals surface area contributed by atoms with Crippen molar-refractivity contribution < 1.29 is 14.7 Å². The zero-order chi connectivity index (χ0) is 12.1. The van der Waals surface area contributed by atoms with Gasteiger partial charge in [-0.2, -0.15) is 0 Å². The van der Waals surface area contributed by atoms with E-state index in [4.69, 9.17) is 16.7 Å². The lowest BCUT2D eigenvalue weighted by Gasteiger charge is -2.10. The molecule has 0 aliphatic carbocycles. The number of carboxylic acids is 1. The molecule has 0 unspecified atom stereocenters. The SMILES string of the molecule is C[C@@H](NC(=O)Nc1ccc(Cl)cc1)C(=O)O. The third-order valence-corrected chi connectivity index (χ3v) is 2.07. The van der Waals surface area contributed by atoms with E-state index in [1.165, 1.54) is 6.92 Å². The van der Waals surface area contributed by atoms with Crippen LogP contribution in [0.25, 0.3) is 0 Å². The lowest BCUT2D eigenvalue weighted by Crippen LogP contribution is -2.40. The minimum atomic E-state index is -1.09. The molecule has 16 heavy (non-hydrogen) atoms. The van der Waals surface area contributed by atoms with E-state index in [0.717, 1.165) is 0 Å². The highest BCUT2D eigenvalue weighted by atomic mass is 35.5. The first-order valence-electron chi connectivity index (χ1n) is 4.55. The molecule has 0 saturated carbocycles. The maximum absolute atomic E-state index is 11.3. The summed E-state index contributed by atoms with van der Waals surface area (Å²) in [6.45, 7) is 1.38. The number of benzene rings is 1. The fraction of sp³-hybridized carbons (Fsp3) is 0.200. The van der Waals surface area contributed by atoms with Crippen molar-refractivity contribution >= 4 is 29.3 Å². The van der Waals surface area contributed by atoms with Crippen LogP contribution in [-0.4, -0.2) is 23.1 Å². The van der Waals surface area contributed by atoms with Crippen molar-refractivity contribution in [1.82, 2.24) is 5.32 Å². The van der Waals surface area contributed by atoms with Gasteiger partial charge < -0.3 is 15.7 Å². The van der Waals surface area contributed by atoms with E-state index < -0.39 is 18.0 Å². The Bertz CT molecular complexity index is 392. The van der Waals surface area contributed by atoms with Gasteiger partial charge in [0.05, 0.1) is 0 Å². The summed E-state index contributed by atoms with van der Waals surface area (Å²) in [7, 11) is 0. The van der Waals surface area contributed by atoms with Crippen molar-refractivity contribution in [3.63, 3.8) is 0 Å². The molecule has 0 saturated heterocycles. The molecule has 2 amide bonds. The summed E-state index contributed by atoms with van der Waals surface area (Å²) < 4.78 is 0. The first-order chi connectivity index (χ1) is 7.49. The number of carboxylic acid groups (broad SMARTS) is 1. The predicted octanol–water partition coefficient (Wildman–Crippen LogP) is 1.93. The highest BCUT2D eigenvalue weighted by molar-refractivity contribution is 6.30. The number of urea groups is 1. The average molecular weight is 243 g/mol. The molecule has 1 aromatic rings. The van der Waals surface area contributed by atoms with Crippen LogP contribution >= 0.6 is 11.6 Å². The average Bonchev–Trinajstić information content (AvgIpc) is 2.21. The highest BCUT2D eigenvalue weighted by Crippen LogP contribution is 2.12. The number of nitrogens with one attached hydrogen (secondary N) is 2. The second-order valence-corrected chi connectivity index (χ2v) is 3.60. The van der Waals surface area contributed by atoms with Gasteiger partial charge in [0.1, 0.15) is 6.04 Å². The molecule has 0 fully saturated rings. The molecule has 5 nitrogen and oxygen atoms in total. The van der Waals surface area contributed by atoms with Crippen molar-refractivity contribution in [2.24, 2.45) is 0 Å². The van der Waals surface area contributed by atoms with Crippen LogP contribution in [0.4, 0.5) is 10.5 Å². The third kappa shape index (κ3) is 3.78. The summed E-state index contributed by atoms with van der Waals surface area (Å²) in [5, 5.41) is 13.9. The fourth-order valence-corrected chi connectivity index (χ4v) is 1.08. The van der Waals surface area contributed by atoms with Crippen LogP contribution in [0.3, 0.4) is 0 Å². The summed E-state index contributed by atoms with van der Waals surface area (Å²) in [5.41, 5.74) is 0.541. The molecule has 1 aromatic carbocycles. The van der Waals surface area contributed by atoms with Crippen LogP contribution in [0, 0.1) is 0 Å². The molecule has 1 atom stereocenters. The van der Waals surface area contributed by atoms with Crippen LogP contribution in [0.15, 0.2) is 24.3 Å². The Morgan fingerprint density at radius 2 is 1.88 bits per heavy atom. The van der Waals surface area contributed by atoms with Crippen LogP contribution in [-0.2, 0) is 4.79 Å². The zero-order valence-electron chi connectivity index (χ0n) is 8.53. The van der Waals surface area contributed by atoms with Crippen LogP contribution in [0.2, 0.25) is 5.02 Å². The van der Waals surface area contributed by atoms with E-state index in [-0.39, 0.29) is 0 Å². The number of anilines is 1. The monoisotopic (exact) mass is 242 g/mol. The topological polar surface area (TPSA) is 78.4 Å². The van der Waals surface area contributed by atoms with Gasteiger partial charge in [0.15, 0.2) is 0 Å². The Kier molecular flexibility index (Phi) is 4.13. The standard InChI is InChI=1S/C10H11ClN2O3/c1-6(9(14)15)12-10(16)13-8-4-2-7(11)3-5-8/h2-6H,1H3,(H,14,15)(H2,12,13,16)/t6-/m1/s1. The second kappa shape index (κ2) is 5.37. The minimum Gasteiger partial charge on any atom is -0.480 e. The number of amides is 2. The Morgan fingerprint density at radius 3 is 2.38 bits per heavy atom. The van der Waals surface area contributed by atoms with E-state index in [0.29, 0.717) is 10.7 Å².